The molecule has 1 saturated carbocycles. The van der Waals surface area contributed by atoms with Crippen molar-refractivity contribution >= 4 is 5.97 Å². The number of allylic oxidation sites excluding steroid dienone is 1. The number of ether oxygens (including phenoxy) is 1. The molecule has 6 atom stereocenters. The Bertz CT molecular complexity index is 547. The van der Waals surface area contributed by atoms with Crippen LogP contribution >= 0.6 is 0 Å². The van der Waals surface area contributed by atoms with E-state index in [1.807, 2.05) is 13.8 Å². The molecule has 0 amide bonds. The molecule has 4 heteroatoms. The molecular formula is C18H26O4. The Morgan fingerprint density at radius 2 is 2.14 bits per heavy atom. The Hall–Kier alpha value is -1.13. The Balaban J connectivity index is 2.10. The molecule has 3 rings (SSSR count). The maximum absolute atomic E-state index is 12.0. The lowest BCUT2D eigenvalue weighted by Gasteiger charge is -2.45. The normalized spacial score (nSPS) is 47.6. The van der Waals surface area contributed by atoms with Gasteiger partial charge in [0.1, 0.15) is 6.10 Å². The van der Waals surface area contributed by atoms with Gasteiger partial charge in [0.2, 0.25) is 0 Å². The molecule has 1 heterocycles. The highest BCUT2D eigenvalue weighted by Gasteiger charge is 2.62. The molecule has 0 aromatic heterocycles. The lowest BCUT2D eigenvalue weighted by atomic mass is 9.68. The van der Waals surface area contributed by atoms with E-state index in [2.05, 4.69) is 12.7 Å². The zero-order chi connectivity index (χ0) is 16.3. The summed E-state index contributed by atoms with van der Waals surface area (Å²) in [6.45, 7) is 9.66. The van der Waals surface area contributed by atoms with E-state index in [1.54, 1.807) is 6.92 Å². The van der Waals surface area contributed by atoms with Gasteiger partial charge in [-0.3, -0.25) is 0 Å². The average Bonchev–Trinajstić information content (AvgIpc) is 2.92. The van der Waals surface area contributed by atoms with E-state index in [1.165, 1.54) is 0 Å². The molecule has 3 aliphatic rings. The van der Waals surface area contributed by atoms with Gasteiger partial charge in [-0.2, -0.15) is 0 Å². The first-order chi connectivity index (χ1) is 10.2. The van der Waals surface area contributed by atoms with Gasteiger partial charge in [0.05, 0.1) is 11.2 Å². The molecule has 1 aliphatic heterocycles. The van der Waals surface area contributed by atoms with E-state index in [4.69, 9.17) is 4.74 Å². The van der Waals surface area contributed by atoms with Crippen LogP contribution in [0.2, 0.25) is 0 Å². The smallest absolute Gasteiger partial charge is 0.334 e. The highest BCUT2D eigenvalue weighted by atomic mass is 16.6. The Kier molecular flexibility index (Phi) is 3.53. The number of esters is 1. The van der Waals surface area contributed by atoms with E-state index in [0.717, 1.165) is 12.0 Å². The molecule has 2 N–H and O–H groups in total. The van der Waals surface area contributed by atoms with Crippen LogP contribution in [0, 0.1) is 17.8 Å². The van der Waals surface area contributed by atoms with Crippen LogP contribution in [-0.4, -0.2) is 33.5 Å². The van der Waals surface area contributed by atoms with Crippen molar-refractivity contribution in [1.29, 1.82) is 0 Å². The summed E-state index contributed by atoms with van der Waals surface area (Å²) in [5, 5.41) is 22.5. The number of aliphatic hydroxyl groups is 2. The van der Waals surface area contributed by atoms with Crippen LogP contribution < -0.4 is 0 Å². The summed E-state index contributed by atoms with van der Waals surface area (Å²) in [6.07, 6.45) is 4.13. The molecule has 22 heavy (non-hydrogen) atoms. The largest absolute Gasteiger partial charge is 0.458 e. The highest BCUT2D eigenvalue weighted by Crippen LogP contribution is 2.56. The summed E-state index contributed by atoms with van der Waals surface area (Å²) < 4.78 is 5.61. The SMILES string of the molecule is C=C1C(=O)O[C@@H]2[C@H]3C(C)=CC[C@H]3[C@](C)(O)[C@@](O)(CCC)C[C@@H]12. The summed E-state index contributed by atoms with van der Waals surface area (Å²) in [5.74, 6) is -0.729. The summed E-state index contributed by atoms with van der Waals surface area (Å²) in [6, 6.07) is 0. The maximum atomic E-state index is 12.0. The van der Waals surface area contributed by atoms with Gasteiger partial charge in [-0.15, -0.1) is 0 Å². The average molecular weight is 306 g/mol. The van der Waals surface area contributed by atoms with Crippen molar-refractivity contribution in [2.24, 2.45) is 17.8 Å². The number of hydrogen-bond acceptors (Lipinski definition) is 4. The lowest BCUT2D eigenvalue weighted by molar-refractivity contribution is -0.180. The molecule has 0 aromatic carbocycles. The van der Waals surface area contributed by atoms with Crippen LogP contribution in [-0.2, 0) is 9.53 Å². The maximum Gasteiger partial charge on any atom is 0.334 e. The topological polar surface area (TPSA) is 66.8 Å². The zero-order valence-corrected chi connectivity index (χ0v) is 13.6. The minimum atomic E-state index is -1.22. The standard InChI is InChI=1S/C18H26O4/c1-5-8-18(21)9-12-11(3)16(19)22-15(12)14-10(2)6-7-13(14)17(18,4)20/h6,12-15,20-21H,3,5,7-9H2,1-2,4H3/t12-,13+,14-,15-,17-,18+/m0/s1. The minimum absolute atomic E-state index is 0.0333. The second kappa shape index (κ2) is 4.93. The summed E-state index contributed by atoms with van der Waals surface area (Å²) in [5.41, 5.74) is -0.850. The third kappa shape index (κ3) is 1.93. The van der Waals surface area contributed by atoms with E-state index in [9.17, 15) is 15.0 Å². The van der Waals surface area contributed by atoms with E-state index >= 15 is 0 Å². The quantitative estimate of drug-likeness (QED) is 0.467. The number of hydrogen-bond donors (Lipinski definition) is 2. The molecule has 0 spiro atoms. The number of fused-ring (bicyclic) bond motifs is 3. The lowest BCUT2D eigenvalue weighted by Crippen LogP contribution is -2.57. The van der Waals surface area contributed by atoms with Gasteiger partial charge < -0.3 is 14.9 Å². The van der Waals surface area contributed by atoms with Crippen LogP contribution in [0.25, 0.3) is 0 Å². The molecule has 1 saturated heterocycles. The van der Waals surface area contributed by atoms with Crippen LogP contribution in [0.3, 0.4) is 0 Å². The first kappa shape index (κ1) is 15.8. The number of carbonyl (C=O) groups is 1. The van der Waals surface area contributed by atoms with Crippen molar-refractivity contribution < 1.29 is 19.7 Å². The van der Waals surface area contributed by atoms with Gasteiger partial charge in [0.25, 0.3) is 0 Å². The van der Waals surface area contributed by atoms with Gasteiger partial charge in [-0.1, -0.05) is 31.6 Å². The van der Waals surface area contributed by atoms with Crippen LogP contribution in [0.4, 0.5) is 0 Å². The zero-order valence-electron chi connectivity index (χ0n) is 13.6. The van der Waals surface area contributed by atoms with Crippen LogP contribution in [0.15, 0.2) is 23.8 Å². The molecule has 4 nitrogen and oxygen atoms in total. The van der Waals surface area contributed by atoms with Gasteiger partial charge >= 0.3 is 5.97 Å². The number of carbonyl (C=O) groups excluding carboxylic acids is 1. The fourth-order valence-corrected chi connectivity index (χ4v) is 4.86. The Morgan fingerprint density at radius 3 is 2.77 bits per heavy atom. The molecular weight excluding hydrogens is 280 g/mol. The highest BCUT2D eigenvalue weighted by molar-refractivity contribution is 5.91. The number of rotatable bonds is 2. The van der Waals surface area contributed by atoms with E-state index in [-0.39, 0.29) is 29.8 Å². The van der Waals surface area contributed by atoms with Crippen LogP contribution in [0.1, 0.15) is 46.5 Å². The Labute approximate surface area is 131 Å². The second-order valence-electron chi connectivity index (χ2n) is 7.45. The first-order valence-corrected chi connectivity index (χ1v) is 8.24. The monoisotopic (exact) mass is 306 g/mol. The van der Waals surface area contributed by atoms with Crippen molar-refractivity contribution in [1.82, 2.24) is 0 Å². The molecule has 0 unspecified atom stereocenters. The van der Waals surface area contributed by atoms with Crippen molar-refractivity contribution in [3.63, 3.8) is 0 Å². The van der Waals surface area contributed by atoms with E-state index in [0.29, 0.717) is 24.8 Å². The van der Waals surface area contributed by atoms with Gasteiger partial charge in [0, 0.05) is 23.3 Å². The first-order valence-electron chi connectivity index (χ1n) is 8.24. The summed E-state index contributed by atoms with van der Waals surface area (Å²) in [4.78, 5) is 12.0. The van der Waals surface area contributed by atoms with Crippen molar-refractivity contribution in [2.45, 2.75) is 63.8 Å². The predicted octanol–water partition coefficient (Wildman–Crippen LogP) is 2.35. The van der Waals surface area contributed by atoms with Crippen molar-refractivity contribution in [3.05, 3.63) is 23.8 Å². The fourth-order valence-electron chi connectivity index (χ4n) is 4.86. The van der Waals surface area contributed by atoms with Crippen molar-refractivity contribution in [3.8, 4) is 0 Å². The fraction of sp³-hybridized carbons (Fsp3) is 0.722. The third-order valence-corrected chi connectivity index (χ3v) is 6.24. The summed E-state index contributed by atoms with van der Waals surface area (Å²) in [7, 11) is 0. The van der Waals surface area contributed by atoms with Gasteiger partial charge in [-0.25, -0.2) is 4.79 Å². The molecule has 0 radical (unpaired) electrons. The Morgan fingerprint density at radius 1 is 1.45 bits per heavy atom. The van der Waals surface area contributed by atoms with Gasteiger partial charge in [-0.05, 0) is 33.1 Å². The van der Waals surface area contributed by atoms with Crippen LogP contribution in [0.5, 0.6) is 0 Å². The van der Waals surface area contributed by atoms with E-state index < -0.39 is 11.2 Å². The molecule has 122 valence electrons. The third-order valence-electron chi connectivity index (χ3n) is 6.24. The minimum Gasteiger partial charge on any atom is -0.458 e. The van der Waals surface area contributed by atoms with Gasteiger partial charge in [0.15, 0.2) is 0 Å². The molecule has 0 aromatic rings. The molecule has 2 aliphatic carbocycles. The predicted molar refractivity (Wildman–Crippen MR) is 83.0 cm³/mol. The second-order valence-corrected chi connectivity index (χ2v) is 7.45. The van der Waals surface area contributed by atoms with Crippen molar-refractivity contribution in [2.75, 3.05) is 0 Å². The summed E-state index contributed by atoms with van der Waals surface area (Å²) >= 11 is 0. The molecule has 0 bridgehead atoms. The molecule has 2 fully saturated rings.